The molecule has 3 N–H and O–H groups in total. The number of rotatable bonds is 4. The Kier molecular flexibility index (Phi) is 4.96. The standard InChI is InChI=1S/C9H10IN3O3/c10-6-1-2-7(12-5-6)13-8(14)3-4-11-9(15)16/h1-2,5,11H,3-4H2,(H,15,16)(H,12,13,14). The van der Waals surface area contributed by atoms with E-state index in [1.54, 1.807) is 12.3 Å². The zero-order valence-corrected chi connectivity index (χ0v) is 10.4. The van der Waals surface area contributed by atoms with Crippen molar-refractivity contribution in [1.82, 2.24) is 10.3 Å². The van der Waals surface area contributed by atoms with Gasteiger partial charge >= 0.3 is 6.09 Å². The minimum Gasteiger partial charge on any atom is -0.465 e. The van der Waals surface area contributed by atoms with Gasteiger partial charge in [-0.05, 0) is 34.7 Å². The number of carboxylic acid groups (broad SMARTS) is 1. The summed E-state index contributed by atoms with van der Waals surface area (Å²) in [6, 6.07) is 3.50. The van der Waals surface area contributed by atoms with Crippen LogP contribution >= 0.6 is 22.6 Å². The molecule has 2 amide bonds. The largest absolute Gasteiger partial charge is 0.465 e. The second-order valence-electron chi connectivity index (χ2n) is 2.89. The highest BCUT2D eigenvalue weighted by Gasteiger charge is 2.03. The van der Waals surface area contributed by atoms with Crippen molar-refractivity contribution in [2.45, 2.75) is 6.42 Å². The van der Waals surface area contributed by atoms with Crippen LogP contribution in [0.5, 0.6) is 0 Å². The molecule has 0 aromatic carbocycles. The zero-order chi connectivity index (χ0) is 12.0. The van der Waals surface area contributed by atoms with Gasteiger partial charge in [-0.25, -0.2) is 9.78 Å². The normalized spacial score (nSPS) is 9.56. The molecule has 0 bridgehead atoms. The summed E-state index contributed by atoms with van der Waals surface area (Å²) in [6.45, 7) is 0.0888. The number of aromatic nitrogens is 1. The van der Waals surface area contributed by atoms with Crippen molar-refractivity contribution in [3.05, 3.63) is 21.9 Å². The lowest BCUT2D eigenvalue weighted by Gasteiger charge is -2.04. The van der Waals surface area contributed by atoms with E-state index in [2.05, 4.69) is 38.2 Å². The Morgan fingerprint density at radius 1 is 1.44 bits per heavy atom. The first-order valence-electron chi connectivity index (χ1n) is 4.46. The molecule has 0 unspecified atom stereocenters. The molecule has 0 aliphatic carbocycles. The molecule has 1 aromatic rings. The average molecular weight is 335 g/mol. The van der Waals surface area contributed by atoms with Gasteiger partial charge in [0.2, 0.25) is 5.91 Å². The first-order chi connectivity index (χ1) is 7.58. The van der Waals surface area contributed by atoms with Crippen molar-refractivity contribution < 1.29 is 14.7 Å². The molecule has 1 aromatic heterocycles. The molecule has 0 saturated carbocycles. The number of carbonyl (C=O) groups excluding carboxylic acids is 1. The highest BCUT2D eigenvalue weighted by atomic mass is 127. The third kappa shape index (κ3) is 4.91. The van der Waals surface area contributed by atoms with Crippen LogP contribution in [0.3, 0.4) is 0 Å². The van der Waals surface area contributed by atoms with Crippen molar-refractivity contribution in [2.75, 3.05) is 11.9 Å². The second kappa shape index (κ2) is 6.26. The number of nitrogens with one attached hydrogen (secondary N) is 2. The summed E-state index contributed by atoms with van der Waals surface area (Å²) < 4.78 is 0.975. The molecule has 0 aliphatic heterocycles. The molecule has 1 heterocycles. The molecule has 6 nitrogen and oxygen atoms in total. The number of amides is 2. The van der Waals surface area contributed by atoms with Crippen molar-refractivity contribution in [3.63, 3.8) is 0 Å². The van der Waals surface area contributed by atoms with Crippen LogP contribution in [0.1, 0.15) is 6.42 Å². The zero-order valence-electron chi connectivity index (χ0n) is 8.24. The van der Waals surface area contributed by atoms with Gasteiger partial charge in [0.25, 0.3) is 0 Å². The Bertz CT molecular complexity index is 380. The van der Waals surface area contributed by atoms with E-state index in [4.69, 9.17) is 5.11 Å². The lowest BCUT2D eigenvalue weighted by molar-refractivity contribution is -0.116. The van der Waals surface area contributed by atoms with Crippen molar-refractivity contribution >= 4 is 40.4 Å². The fourth-order valence-corrected chi connectivity index (χ4v) is 1.26. The predicted molar refractivity (Wildman–Crippen MR) is 66.2 cm³/mol. The summed E-state index contributed by atoms with van der Waals surface area (Å²) in [5.41, 5.74) is 0. The fourth-order valence-electron chi connectivity index (χ4n) is 0.938. The number of pyridine rings is 1. The van der Waals surface area contributed by atoms with Gasteiger partial charge in [-0.15, -0.1) is 0 Å². The fraction of sp³-hybridized carbons (Fsp3) is 0.222. The average Bonchev–Trinajstić information content (AvgIpc) is 2.21. The van der Waals surface area contributed by atoms with Crippen LogP contribution in [-0.2, 0) is 4.79 Å². The van der Waals surface area contributed by atoms with Crippen LogP contribution in [0.2, 0.25) is 0 Å². The van der Waals surface area contributed by atoms with Gasteiger partial charge in [0, 0.05) is 22.7 Å². The van der Waals surface area contributed by atoms with E-state index in [1.807, 2.05) is 6.07 Å². The minimum atomic E-state index is -1.14. The van der Waals surface area contributed by atoms with Gasteiger partial charge < -0.3 is 15.7 Å². The van der Waals surface area contributed by atoms with Crippen LogP contribution in [0.15, 0.2) is 18.3 Å². The van der Waals surface area contributed by atoms with E-state index in [9.17, 15) is 9.59 Å². The van der Waals surface area contributed by atoms with E-state index in [1.165, 1.54) is 0 Å². The van der Waals surface area contributed by atoms with Crippen LogP contribution < -0.4 is 10.6 Å². The van der Waals surface area contributed by atoms with E-state index >= 15 is 0 Å². The SMILES string of the molecule is O=C(O)NCCC(=O)Nc1ccc(I)cn1. The Morgan fingerprint density at radius 2 is 2.19 bits per heavy atom. The highest BCUT2D eigenvalue weighted by Crippen LogP contribution is 2.06. The van der Waals surface area contributed by atoms with Crippen molar-refractivity contribution in [3.8, 4) is 0 Å². The molecule has 1 rings (SSSR count). The number of carbonyl (C=O) groups is 2. The first-order valence-corrected chi connectivity index (χ1v) is 5.54. The molecule has 0 atom stereocenters. The van der Waals surface area contributed by atoms with Crippen LogP contribution in [0, 0.1) is 3.57 Å². The molecule has 0 fully saturated rings. The summed E-state index contributed by atoms with van der Waals surface area (Å²) in [5, 5.41) is 13.0. The third-order valence-electron chi connectivity index (χ3n) is 1.62. The summed E-state index contributed by atoms with van der Waals surface area (Å²) in [7, 11) is 0. The van der Waals surface area contributed by atoms with E-state index in [-0.39, 0.29) is 18.9 Å². The molecule has 0 spiro atoms. The molecule has 16 heavy (non-hydrogen) atoms. The van der Waals surface area contributed by atoms with Gasteiger partial charge in [-0.3, -0.25) is 4.79 Å². The number of anilines is 1. The van der Waals surface area contributed by atoms with Gasteiger partial charge in [-0.2, -0.15) is 0 Å². The Morgan fingerprint density at radius 3 is 2.75 bits per heavy atom. The molecule has 0 aliphatic rings. The topological polar surface area (TPSA) is 91.3 Å². The monoisotopic (exact) mass is 335 g/mol. The minimum absolute atomic E-state index is 0.0833. The molecule has 0 saturated heterocycles. The van der Waals surface area contributed by atoms with Crippen LogP contribution in [0.4, 0.5) is 10.6 Å². The Hall–Kier alpha value is -1.38. The summed E-state index contributed by atoms with van der Waals surface area (Å²) >= 11 is 2.11. The highest BCUT2D eigenvalue weighted by molar-refractivity contribution is 14.1. The molecular weight excluding hydrogens is 325 g/mol. The van der Waals surface area contributed by atoms with Gasteiger partial charge in [0.1, 0.15) is 5.82 Å². The second-order valence-corrected chi connectivity index (χ2v) is 4.14. The summed E-state index contributed by atoms with van der Waals surface area (Å²) in [5.74, 6) is 0.184. The van der Waals surface area contributed by atoms with Crippen molar-refractivity contribution in [1.29, 1.82) is 0 Å². The quantitative estimate of drug-likeness (QED) is 0.723. The Labute approximate surface area is 106 Å². The van der Waals surface area contributed by atoms with Gasteiger partial charge in [-0.1, -0.05) is 0 Å². The molecule has 7 heteroatoms. The predicted octanol–water partition coefficient (Wildman–Crippen LogP) is 1.28. The number of nitrogens with zero attached hydrogens (tertiary/aromatic N) is 1. The third-order valence-corrected chi connectivity index (χ3v) is 2.26. The molecule has 86 valence electrons. The lowest BCUT2D eigenvalue weighted by Crippen LogP contribution is -2.26. The van der Waals surface area contributed by atoms with Gasteiger partial charge in [0.15, 0.2) is 0 Å². The number of halogens is 1. The molecular formula is C9H10IN3O3. The lowest BCUT2D eigenvalue weighted by atomic mass is 10.4. The smallest absolute Gasteiger partial charge is 0.404 e. The maximum Gasteiger partial charge on any atom is 0.404 e. The maximum atomic E-state index is 11.3. The first kappa shape index (κ1) is 12.7. The summed E-state index contributed by atoms with van der Waals surface area (Å²) in [4.78, 5) is 25.4. The number of hydrogen-bond donors (Lipinski definition) is 3. The maximum absolute atomic E-state index is 11.3. The van der Waals surface area contributed by atoms with E-state index < -0.39 is 6.09 Å². The van der Waals surface area contributed by atoms with Crippen molar-refractivity contribution in [2.24, 2.45) is 0 Å². The van der Waals surface area contributed by atoms with Crippen LogP contribution in [0.25, 0.3) is 0 Å². The number of hydrogen-bond acceptors (Lipinski definition) is 3. The van der Waals surface area contributed by atoms with E-state index in [0.717, 1.165) is 3.57 Å². The Balaban J connectivity index is 2.34. The van der Waals surface area contributed by atoms with E-state index in [0.29, 0.717) is 5.82 Å². The summed E-state index contributed by atoms with van der Waals surface area (Å²) in [6.07, 6.45) is 0.575. The van der Waals surface area contributed by atoms with Gasteiger partial charge in [0.05, 0.1) is 0 Å². The molecule has 0 radical (unpaired) electrons. The van der Waals surface area contributed by atoms with Crippen LogP contribution in [-0.4, -0.2) is 28.6 Å².